The molecule has 1 N–H and O–H groups in total. The molecule has 0 amide bonds. The molecular weight excluding hydrogens is 266 g/mol. The zero-order valence-electron chi connectivity index (χ0n) is 13.5. The molecule has 1 atom stereocenters. The SMILES string of the molecule is COCCNCc1ccn(CC2CN(C(C)C)CCO2)c1. The lowest BCUT2D eigenvalue weighted by Gasteiger charge is -2.35. The number of morpholine rings is 1. The number of ether oxygens (including phenoxy) is 2. The van der Waals surface area contributed by atoms with Crippen LogP contribution in [0.1, 0.15) is 19.4 Å². The average molecular weight is 295 g/mol. The second-order valence-electron chi connectivity index (χ2n) is 5.97. The molecule has 1 aromatic rings. The van der Waals surface area contributed by atoms with Gasteiger partial charge in [0, 0.05) is 58.3 Å². The third kappa shape index (κ3) is 5.43. The van der Waals surface area contributed by atoms with Gasteiger partial charge in [0.15, 0.2) is 0 Å². The molecule has 1 fully saturated rings. The molecule has 0 spiro atoms. The Labute approximate surface area is 128 Å². The molecule has 1 aliphatic rings. The molecule has 1 aromatic heterocycles. The third-order valence-corrected chi connectivity index (χ3v) is 3.94. The van der Waals surface area contributed by atoms with Crippen LogP contribution in [0.5, 0.6) is 0 Å². The van der Waals surface area contributed by atoms with Crippen LogP contribution in [-0.4, -0.2) is 61.6 Å². The van der Waals surface area contributed by atoms with Gasteiger partial charge in [-0.1, -0.05) is 0 Å². The molecule has 5 nitrogen and oxygen atoms in total. The summed E-state index contributed by atoms with van der Waals surface area (Å²) in [5.41, 5.74) is 1.31. The molecular formula is C16H29N3O2. The summed E-state index contributed by atoms with van der Waals surface area (Å²) in [7, 11) is 1.72. The highest BCUT2D eigenvalue weighted by Crippen LogP contribution is 2.11. The maximum atomic E-state index is 5.89. The van der Waals surface area contributed by atoms with Gasteiger partial charge in [0.2, 0.25) is 0 Å². The fourth-order valence-corrected chi connectivity index (χ4v) is 2.67. The molecule has 1 unspecified atom stereocenters. The van der Waals surface area contributed by atoms with E-state index in [1.54, 1.807) is 7.11 Å². The molecule has 21 heavy (non-hydrogen) atoms. The predicted octanol–water partition coefficient (Wildman–Crippen LogP) is 1.33. The molecule has 0 aromatic carbocycles. The highest BCUT2D eigenvalue weighted by atomic mass is 16.5. The summed E-state index contributed by atoms with van der Waals surface area (Å²) in [6.45, 7) is 10.9. The van der Waals surface area contributed by atoms with Crippen molar-refractivity contribution in [2.45, 2.75) is 39.1 Å². The first-order valence-electron chi connectivity index (χ1n) is 7.89. The van der Waals surface area contributed by atoms with Gasteiger partial charge in [-0.05, 0) is 25.5 Å². The second kappa shape index (κ2) is 8.54. The van der Waals surface area contributed by atoms with E-state index in [4.69, 9.17) is 9.47 Å². The summed E-state index contributed by atoms with van der Waals surface area (Å²) in [5, 5.41) is 3.36. The maximum Gasteiger partial charge on any atom is 0.0881 e. The third-order valence-electron chi connectivity index (χ3n) is 3.94. The van der Waals surface area contributed by atoms with E-state index in [1.165, 1.54) is 5.56 Å². The zero-order chi connectivity index (χ0) is 15.1. The van der Waals surface area contributed by atoms with Gasteiger partial charge < -0.3 is 19.4 Å². The minimum atomic E-state index is 0.294. The van der Waals surface area contributed by atoms with Crippen LogP contribution in [0.25, 0.3) is 0 Å². The summed E-state index contributed by atoms with van der Waals surface area (Å²) in [6.07, 6.45) is 4.64. The van der Waals surface area contributed by atoms with Gasteiger partial charge >= 0.3 is 0 Å². The molecule has 0 saturated carbocycles. The Morgan fingerprint density at radius 3 is 3.10 bits per heavy atom. The highest BCUT2D eigenvalue weighted by Gasteiger charge is 2.22. The van der Waals surface area contributed by atoms with Gasteiger partial charge in [0.1, 0.15) is 0 Å². The van der Waals surface area contributed by atoms with E-state index in [2.05, 4.69) is 47.1 Å². The fraction of sp³-hybridized carbons (Fsp3) is 0.750. The van der Waals surface area contributed by atoms with Gasteiger partial charge in [-0.2, -0.15) is 0 Å². The summed E-state index contributed by atoms with van der Waals surface area (Å²) in [6, 6.07) is 2.77. The van der Waals surface area contributed by atoms with Crippen molar-refractivity contribution in [3.63, 3.8) is 0 Å². The van der Waals surface area contributed by atoms with Crippen LogP contribution in [0.4, 0.5) is 0 Å². The van der Waals surface area contributed by atoms with Crippen LogP contribution >= 0.6 is 0 Å². The molecule has 5 heteroatoms. The van der Waals surface area contributed by atoms with E-state index >= 15 is 0 Å². The largest absolute Gasteiger partial charge is 0.383 e. The number of nitrogens with one attached hydrogen (secondary N) is 1. The maximum absolute atomic E-state index is 5.89. The predicted molar refractivity (Wildman–Crippen MR) is 84.5 cm³/mol. The monoisotopic (exact) mass is 295 g/mol. The van der Waals surface area contributed by atoms with Gasteiger partial charge in [-0.3, -0.25) is 4.90 Å². The minimum absolute atomic E-state index is 0.294. The number of nitrogens with zero attached hydrogens (tertiary/aromatic N) is 2. The Morgan fingerprint density at radius 1 is 1.48 bits per heavy atom. The fourth-order valence-electron chi connectivity index (χ4n) is 2.67. The van der Waals surface area contributed by atoms with Crippen molar-refractivity contribution in [2.24, 2.45) is 0 Å². The molecule has 0 radical (unpaired) electrons. The first-order chi connectivity index (χ1) is 10.2. The van der Waals surface area contributed by atoms with Crippen LogP contribution in [-0.2, 0) is 22.6 Å². The number of hydrogen-bond acceptors (Lipinski definition) is 4. The Hall–Kier alpha value is -0.880. The molecule has 0 aliphatic carbocycles. The number of aromatic nitrogens is 1. The van der Waals surface area contributed by atoms with Crippen molar-refractivity contribution < 1.29 is 9.47 Å². The van der Waals surface area contributed by atoms with Crippen LogP contribution in [0.3, 0.4) is 0 Å². The Morgan fingerprint density at radius 2 is 2.33 bits per heavy atom. The zero-order valence-corrected chi connectivity index (χ0v) is 13.5. The lowest BCUT2D eigenvalue weighted by Crippen LogP contribution is -2.47. The highest BCUT2D eigenvalue weighted by molar-refractivity contribution is 5.10. The quantitative estimate of drug-likeness (QED) is 0.735. The molecule has 0 bridgehead atoms. The normalized spacial score (nSPS) is 20.3. The minimum Gasteiger partial charge on any atom is -0.383 e. The van der Waals surface area contributed by atoms with Crippen LogP contribution < -0.4 is 5.32 Å². The molecule has 2 heterocycles. The summed E-state index contributed by atoms with van der Waals surface area (Å²) in [5.74, 6) is 0. The van der Waals surface area contributed by atoms with Crippen molar-refractivity contribution in [2.75, 3.05) is 40.0 Å². The first kappa shape index (κ1) is 16.5. The van der Waals surface area contributed by atoms with E-state index in [0.29, 0.717) is 12.1 Å². The Kier molecular flexibility index (Phi) is 6.70. The van der Waals surface area contributed by atoms with Gasteiger partial charge in [0.25, 0.3) is 0 Å². The second-order valence-corrected chi connectivity index (χ2v) is 5.97. The van der Waals surface area contributed by atoms with Crippen LogP contribution in [0, 0.1) is 0 Å². The van der Waals surface area contributed by atoms with Gasteiger partial charge in [-0.25, -0.2) is 0 Å². The van der Waals surface area contributed by atoms with Crippen LogP contribution in [0.15, 0.2) is 18.5 Å². The van der Waals surface area contributed by atoms with Crippen molar-refractivity contribution in [1.82, 2.24) is 14.8 Å². The first-order valence-corrected chi connectivity index (χ1v) is 7.89. The van der Waals surface area contributed by atoms with Crippen LogP contribution in [0.2, 0.25) is 0 Å². The van der Waals surface area contributed by atoms with E-state index in [1.807, 2.05) is 0 Å². The number of rotatable bonds is 8. The molecule has 1 aliphatic heterocycles. The topological polar surface area (TPSA) is 38.7 Å². The van der Waals surface area contributed by atoms with Crippen molar-refractivity contribution >= 4 is 0 Å². The summed E-state index contributed by atoms with van der Waals surface area (Å²) < 4.78 is 13.2. The van der Waals surface area contributed by atoms with E-state index in [-0.39, 0.29) is 0 Å². The van der Waals surface area contributed by atoms with Gasteiger partial charge in [0.05, 0.1) is 19.3 Å². The molecule has 2 rings (SSSR count). The number of hydrogen-bond donors (Lipinski definition) is 1. The van der Waals surface area contributed by atoms with Crippen molar-refractivity contribution in [3.8, 4) is 0 Å². The Balaban J connectivity index is 1.76. The lowest BCUT2D eigenvalue weighted by molar-refractivity contribution is -0.0455. The molecule has 1 saturated heterocycles. The summed E-state index contributed by atoms with van der Waals surface area (Å²) in [4.78, 5) is 2.49. The van der Waals surface area contributed by atoms with E-state index in [9.17, 15) is 0 Å². The summed E-state index contributed by atoms with van der Waals surface area (Å²) >= 11 is 0. The number of methoxy groups -OCH3 is 1. The smallest absolute Gasteiger partial charge is 0.0881 e. The average Bonchev–Trinajstić information content (AvgIpc) is 2.91. The standard InChI is InChI=1S/C16H29N3O2/c1-14(2)19-7-9-21-16(13-19)12-18-6-4-15(11-18)10-17-5-8-20-3/h4,6,11,14,16-17H,5,7-10,12-13H2,1-3H3. The van der Waals surface area contributed by atoms with E-state index < -0.39 is 0 Å². The van der Waals surface area contributed by atoms with Gasteiger partial charge in [-0.15, -0.1) is 0 Å². The Bertz CT molecular complexity index is 406. The lowest BCUT2D eigenvalue weighted by atomic mass is 10.2. The molecule has 120 valence electrons. The van der Waals surface area contributed by atoms with Crippen molar-refractivity contribution in [3.05, 3.63) is 24.0 Å². The van der Waals surface area contributed by atoms with Crippen molar-refractivity contribution in [1.29, 1.82) is 0 Å². The van der Waals surface area contributed by atoms with E-state index in [0.717, 1.165) is 45.9 Å².